The Morgan fingerprint density at radius 2 is 2.00 bits per heavy atom. The molecule has 0 spiro atoms. The van der Waals surface area contributed by atoms with E-state index in [2.05, 4.69) is 4.98 Å². The smallest absolute Gasteiger partial charge is 0.141 e. The Balaban J connectivity index is 2.04. The molecule has 5 heteroatoms. The van der Waals surface area contributed by atoms with Gasteiger partial charge < -0.3 is 5.73 Å². The van der Waals surface area contributed by atoms with Crippen LogP contribution in [0.2, 0.25) is 5.02 Å². The van der Waals surface area contributed by atoms with Crippen LogP contribution in [0.15, 0.2) is 47.5 Å². The Hall–Kier alpha value is -1.52. The highest BCUT2D eigenvalue weighted by atomic mass is 35.5. The zero-order valence-electron chi connectivity index (χ0n) is 9.56. The zero-order valence-corrected chi connectivity index (χ0v) is 11.1. The van der Waals surface area contributed by atoms with E-state index in [1.807, 2.05) is 36.4 Å². The predicted octanol–water partition coefficient (Wildman–Crippen LogP) is 3.31. The van der Waals surface area contributed by atoms with Gasteiger partial charge in [0.25, 0.3) is 0 Å². The largest absolute Gasteiger partial charge is 0.382 e. The number of pyridine rings is 1. The van der Waals surface area contributed by atoms with E-state index >= 15 is 0 Å². The highest BCUT2D eigenvalue weighted by Crippen LogP contribution is 2.23. The SMILES string of the molecule is N=C(N)c1cc(SCc2ccc(Cl)cc2)ccn1. The number of amidine groups is 1. The molecule has 2 aromatic rings. The molecule has 18 heavy (non-hydrogen) atoms. The van der Waals surface area contributed by atoms with Crippen LogP contribution in [0.3, 0.4) is 0 Å². The average Bonchev–Trinajstić information content (AvgIpc) is 2.38. The first-order valence-corrected chi connectivity index (χ1v) is 6.69. The molecule has 92 valence electrons. The van der Waals surface area contributed by atoms with Gasteiger partial charge in [-0.2, -0.15) is 0 Å². The van der Waals surface area contributed by atoms with Crippen molar-refractivity contribution in [3.05, 3.63) is 58.9 Å². The standard InChI is InChI=1S/C13H12ClN3S/c14-10-3-1-9(2-4-10)8-18-11-5-6-17-12(7-11)13(15)16/h1-7H,8H2,(H3,15,16). The van der Waals surface area contributed by atoms with Gasteiger partial charge >= 0.3 is 0 Å². The van der Waals surface area contributed by atoms with Crippen molar-refractivity contribution in [1.29, 1.82) is 5.41 Å². The van der Waals surface area contributed by atoms with E-state index in [-0.39, 0.29) is 5.84 Å². The molecule has 2 rings (SSSR count). The van der Waals surface area contributed by atoms with E-state index in [1.54, 1.807) is 18.0 Å². The van der Waals surface area contributed by atoms with Crippen molar-refractivity contribution in [1.82, 2.24) is 4.98 Å². The van der Waals surface area contributed by atoms with Crippen molar-refractivity contribution in [2.45, 2.75) is 10.6 Å². The average molecular weight is 278 g/mol. The van der Waals surface area contributed by atoms with Crippen molar-refractivity contribution in [3.8, 4) is 0 Å². The highest BCUT2D eigenvalue weighted by molar-refractivity contribution is 7.98. The summed E-state index contributed by atoms with van der Waals surface area (Å²) in [6.07, 6.45) is 1.67. The summed E-state index contributed by atoms with van der Waals surface area (Å²) in [5, 5.41) is 8.09. The number of nitrogens with zero attached hydrogens (tertiary/aromatic N) is 1. The van der Waals surface area contributed by atoms with E-state index in [1.165, 1.54) is 5.56 Å². The van der Waals surface area contributed by atoms with Crippen molar-refractivity contribution >= 4 is 29.2 Å². The maximum atomic E-state index is 7.34. The second kappa shape index (κ2) is 5.89. The summed E-state index contributed by atoms with van der Waals surface area (Å²) in [6, 6.07) is 11.5. The molecular formula is C13H12ClN3S. The molecule has 0 bridgehead atoms. The van der Waals surface area contributed by atoms with Crippen LogP contribution in [0.25, 0.3) is 0 Å². The van der Waals surface area contributed by atoms with Crippen LogP contribution in [-0.2, 0) is 5.75 Å². The molecule has 1 aromatic carbocycles. The molecule has 0 saturated carbocycles. The van der Waals surface area contributed by atoms with Gasteiger partial charge in [-0.25, -0.2) is 0 Å². The Morgan fingerprint density at radius 1 is 1.28 bits per heavy atom. The number of hydrogen-bond acceptors (Lipinski definition) is 3. The third kappa shape index (κ3) is 3.48. The van der Waals surface area contributed by atoms with Crippen LogP contribution in [0, 0.1) is 5.41 Å². The number of thioether (sulfide) groups is 1. The number of aromatic nitrogens is 1. The summed E-state index contributed by atoms with van der Waals surface area (Å²) in [5.41, 5.74) is 7.11. The predicted molar refractivity (Wildman–Crippen MR) is 76.3 cm³/mol. The Morgan fingerprint density at radius 3 is 2.67 bits per heavy atom. The second-order valence-electron chi connectivity index (χ2n) is 3.71. The Labute approximate surface area is 115 Å². The molecule has 0 fully saturated rings. The Kier molecular flexibility index (Phi) is 4.23. The van der Waals surface area contributed by atoms with E-state index in [0.717, 1.165) is 15.7 Å². The van der Waals surface area contributed by atoms with Crippen LogP contribution in [-0.4, -0.2) is 10.8 Å². The normalized spacial score (nSPS) is 10.3. The van der Waals surface area contributed by atoms with Gasteiger partial charge in [-0.1, -0.05) is 23.7 Å². The van der Waals surface area contributed by atoms with Crippen LogP contribution in [0.1, 0.15) is 11.3 Å². The third-order valence-electron chi connectivity index (χ3n) is 2.33. The van der Waals surface area contributed by atoms with Gasteiger partial charge in [0.15, 0.2) is 0 Å². The lowest BCUT2D eigenvalue weighted by atomic mass is 10.2. The quantitative estimate of drug-likeness (QED) is 0.512. The van der Waals surface area contributed by atoms with E-state index in [4.69, 9.17) is 22.7 Å². The van der Waals surface area contributed by atoms with Crippen molar-refractivity contribution in [3.63, 3.8) is 0 Å². The third-order valence-corrected chi connectivity index (χ3v) is 3.64. The summed E-state index contributed by atoms with van der Waals surface area (Å²) >= 11 is 7.51. The molecule has 0 atom stereocenters. The molecule has 0 amide bonds. The topological polar surface area (TPSA) is 62.8 Å². The molecule has 3 nitrogen and oxygen atoms in total. The second-order valence-corrected chi connectivity index (χ2v) is 5.19. The molecule has 1 heterocycles. The number of nitrogen functional groups attached to an aromatic ring is 1. The fourth-order valence-electron chi connectivity index (χ4n) is 1.40. The summed E-state index contributed by atoms with van der Waals surface area (Å²) < 4.78 is 0. The van der Waals surface area contributed by atoms with Crippen LogP contribution < -0.4 is 5.73 Å². The maximum Gasteiger partial charge on any atom is 0.141 e. The number of nitrogens with two attached hydrogens (primary N) is 1. The first kappa shape index (κ1) is 12.9. The molecular weight excluding hydrogens is 266 g/mol. The number of rotatable bonds is 4. The van der Waals surface area contributed by atoms with E-state index in [9.17, 15) is 0 Å². The number of hydrogen-bond donors (Lipinski definition) is 2. The van der Waals surface area contributed by atoms with Gasteiger partial charge in [0.05, 0.1) is 0 Å². The first-order chi connectivity index (χ1) is 8.65. The van der Waals surface area contributed by atoms with Gasteiger partial charge in [-0.3, -0.25) is 10.4 Å². The van der Waals surface area contributed by atoms with Gasteiger partial charge in [-0.15, -0.1) is 11.8 Å². The van der Waals surface area contributed by atoms with Gasteiger partial charge in [0, 0.05) is 21.9 Å². The van der Waals surface area contributed by atoms with E-state index in [0.29, 0.717) is 5.69 Å². The summed E-state index contributed by atoms with van der Waals surface area (Å²) in [5.74, 6) is 0.836. The fourth-order valence-corrected chi connectivity index (χ4v) is 2.40. The fraction of sp³-hybridized carbons (Fsp3) is 0.0769. The molecule has 0 unspecified atom stereocenters. The summed E-state index contributed by atoms with van der Waals surface area (Å²) in [6.45, 7) is 0. The number of halogens is 1. The molecule has 0 aliphatic rings. The first-order valence-electron chi connectivity index (χ1n) is 5.33. The lowest BCUT2D eigenvalue weighted by Crippen LogP contribution is -2.12. The summed E-state index contributed by atoms with van der Waals surface area (Å²) in [4.78, 5) is 5.07. The molecule has 1 aromatic heterocycles. The summed E-state index contributed by atoms with van der Waals surface area (Å²) in [7, 11) is 0. The van der Waals surface area contributed by atoms with Crippen LogP contribution in [0.4, 0.5) is 0 Å². The minimum atomic E-state index is -0.0102. The highest BCUT2D eigenvalue weighted by Gasteiger charge is 2.01. The van der Waals surface area contributed by atoms with Crippen molar-refractivity contribution < 1.29 is 0 Å². The van der Waals surface area contributed by atoms with Crippen molar-refractivity contribution in [2.24, 2.45) is 5.73 Å². The van der Waals surface area contributed by atoms with Crippen LogP contribution in [0.5, 0.6) is 0 Å². The minimum Gasteiger partial charge on any atom is -0.382 e. The molecule has 3 N–H and O–H groups in total. The lowest BCUT2D eigenvalue weighted by molar-refractivity contribution is 1.21. The lowest BCUT2D eigenvalue weighted by Gasteiger charge is -2.04. The zero-order chi connectivity index (χ0) is 13.0. The van der Waals surface area contributed by atoms with Gasteiger partial charge in [-0.05, 0) is 29.8 Å². The molecule has 0 aliphatic carbocycles. The van der Waals surface area contributed by atoms with Crippen LogP contribution >= 0.6 is 23.4 Å². The number of benzene rings is 1. The molecule has 0 aliphatic heterocycles. The van der Waals surface area contributed by atoms with E-state index < -0.39 is 0 Å². The minimum absolute atomic E-state index is 0.0102. The van der Waals surface area contributed by atoms with Gasteiger partial charge in [0.2, 0.25) is 0 Å². The molecule has 0 radical (unpaired) electrons. The molecule has 0 saturated heterocycles. The Bertz CT molecular complexity index is 554. The maximum absolute atomic E-state index is 7.34. The van der Waals surface area contributed by atoms with Crippen molar-refractivity contribution in [2.75, 3.05) is 0 Å². The number of nitrogens with one attached hydrogen (secondary N) is 1. The monoisotopic (exact) mass is 277 g/mol. The van der Waals surface area contributed by atoms with Gasteiger partial charge in [0.1, 0.15) is 11.5 Å².